The topological polar surface area (TPSA) is 115 Å². The maximum absolute atomic E-state index is 11.7. The van der Waals surface area contributed by atoms with Crippen LogP contribution in [0.3, 0.4) is 0 Å². The Morgan fingerprint density at radius 3 is 2.55 bits per heavy atom. The number of aryl methyl sites for hydroxylation is 1. The van der Waals surface area contributed by atoms with Gasteiger partial charge >= 0.3 is 5.69 Å². The van der Waals surface area contributed by atoms with Gasteiger partial charge in [0.15, 0.2) is 0 Å². The lowest BCUT2D eigenvalue weighted by Gasteiger charge is -2.21. The van der Waals surface area contributed by atoms with Crippen LogP contribution in [0.15, 0.2) is 9.59 Å². The van der Waals surface area contributed by atoms with Crippen molar-refractivity contribution in [1.82, 2.24) is 15.3 Å². The maximum atomic E-state index is 11.7. The molecule has 112 valence electrons. The molecule has 0 aliphatic rings. The van der Waals surface area contributed by atoms with Crippen molar-refractivity contribution < 1.29 is 9.90 Å². The van der Waals surface area contributed by atoms with Crippen LogP contribution < -0.4 is 16.6 Å². The highest BCUT2D eigenvalue weighted by atomic mass is 16.3. The highest BCUT2D eigenvalue weighted by molar-refractivity contribution is 5.76. The van der Waals surface area contributed by atoms with E-state index in [9.17, 15) is 19.5 Å². The molecule has 0 aliphatic heterocycles. The summed E-state index contributed by atoms with van der Waals surface area (Å²) in [7, 11) is 0. The van der Waals surface area contributed by atoms with Gasteiger partial charge in [0, 0.05) is 24.2 Å². The van der Waals surface area contributed by atoms with Crippen molar-refractivity contribution in [3.05, 3.63) is 32.1 Å². The van der Waals surface area contributed by atoms with Crippen molar-refractivity contribution in [3.8, 4) is 0 Å². The number of aliphatic hydroxyl groups is 1. The molecule has 1 heterocycles. The lowest BCUT2D eigenvalue weighted by molar-refractivity contribution is -0.122. The molecule has 7 nitrogen and oxygen atoms in total. The summed E-state index contributed by atoms with van der Waals surface area (Å²) in [5.41, 5.74) is -1.10. The van der Waals surface area contributed by atoms with E-state index in [0.717, 1.165) is 0 Å². The van der Waals surface area contributed by atoms with E-state index in [2.05, 4.69) is 15.3 Å². The Kier molecular flexibility index (Phi) is 5.26. The van der Waals surface area contributed by atoms with Crippen molar-refractivity contribution in [2.45, 2.75) is 45.6 Å². The number of aromatic amines is 2. The van der Waals surface area contributed by atoms with Gasteiger partial charge in [0.25, 0.3) is 5.56 Å². The summed E-state index contributed by atoms with van der Waals surface area (Å²) < 4.78 is 0. The van der Waals surface area contributed by atoms with Gasteiger partial charge in [-0.05, 0) is 26.7 Å². The number of carbonyl (C=O) groups excluding carboxylic acids is 1. The Labute approximate surface area is 116 Å². The van der Waals surface area contributed by atoms with Crippen molar-refractivity contribution in [2.75, 3.05) is 6.54 Å². The van der Waals surface area contributed by atoms with Gasteiger partial charge in [-0.15, -0.1) is 0 Å². The molecule has 0 bridgehead atoms. The molecule has 7 heteroatoms. The van der Waals surface area contributed by atoms with Crippen molar-refractivity contribution in [2.24, 2.45) is 0 Å². The Morgan fingerprint density at radius 2 is 2.00 bits per heavy atom. The quantitative estimate of drug-likeness (QED) is 0.567. The molecular formula is C13H21N3O4. The number of amides is 1. The van der Waals surface area contributed by atoms with Crippen LogP contribution in [0.25, 0.3) is 0 Å². The Bertz CT molecular complexity index is 586. The number of hydrogen-bond acceptors (Lipinski definition) is 4. The van der Waals surface area contributed by atoms with E-state index in [0.29, 0.717) is 17.7 Å². The number of H-pyrrole nitrogens is 2. The average molecular weight is 283 g/mol. The fraction of sp³-hybridized carbons (Fsp3) is 0.615. The molecule has 0 saturated carbocycles. The average Bonchev–Trinajstić information content (AvgIpc) is 2.35. The maximum Gasteiger partial charge on any atom is 0.325 e. The SMILES string of the molecule is CCC(C)(O)CNC(=O)CCc1c(C)[nH]c(=O)[nH]c1=O. The summed E-state index contributed by atoms with van der Waals surface area (Å²) in [6, 6.07) is 0. The van der Waals surface area contributed by atoms with E-state index in [-0.39, 0.29) is 25.3 Å². The van der Waals surface area contributed by atoms with Gasteiger partial charge < -0.3 is 15.4 Å². The minimum Gasteiger partial charge on any atom is -0.388 e. The number of hydrogen-bond donors (Lipinski definition) is 4. The number of carbonyl (C=O) groups is 1. The Balaban J connectivity index is 2.58. The molecule has 0 fully saturated rings. The highest BCUT2D eigenvalue weighted by Crippen LogP contribution is 2.06. The lowest BCUT2D eigenvalue weighted by atomic mass is 10.0. The molecule has 1 unspecified atom stereocenters. The first kappa shape index (κ1) is 16.2. The van der Waals surface area contributed by atoms with Crippen LogP contribution in [0, 0.1) is 6.92 Å². The van der Waals surface area contributed by atoms with Gasteiger partial charge in [-0.25, -0.2) is 4.79 Å². The first-order valence-electron chi connectivity index (χ1n) is 6.56. The van der Waals surface area contributed by atoms with Crippen molar-refractivity contribution in [1.29, 1.82) is 0 Å². The largest absolute Gasteiger partial charge is 0.388 e. The van der Waals surface area contributed by atoms with Crippen LogP contribution in [0.4, 0.5) is 0 Å². The molecule has 1 aromatic rings. The van der Waals surface area contributed by atoms with Crippen molar-refractivity contribution in [3.63, 3.8) is 0 Å². The summed E-state index contributed by atoms with van der Waals surface area (Å²) in [4.78, 5) is 38.9. The van der Waals surface area contributed by atoms with Crippen LogP contribution in [0.5, 0.6) is 0 Å². The van der Waals surface area contributed by atoms with Gasteiger partial charge in [0.1, 0.15) is 0 Å². The molecular weight excluding hydrogens is 262 g/mol. The van der Waals surface area contributed by atoms with Gasteiger partial charge in [-0.3, -0.25) is 14.6 Å². The van der Waals surface area contributed by atoms with E-state index < -0.39 is 16.9 Å². The molecule has 1 amide bonds. The fourth-order valence-electron chi connectivity index (χ4n) is 1.67. The molecule has 1 rings (SSSR count). The zero-order chi connectivity index (χ0) is 15.3. The molecule has 0 saturated heterocycles. The molecule has 0 radical (unpaired) electrons. The van der Waals surface area contributed by atoms with Crippen LogP contribution in [0.1, 0.15) is 37.9 Å². The smallest absolute Gasteiger partial charge is 0.325 e. The van der Waals surface area contributed by atoms with Crippen LogP contribution in [-0.2, 0) is 11.2 Å². The molecule has 1 aromatic heterocycles. The summed E-state index contributed by atoms with van der Waals surface area (Å²) in [6.07, 6.45) is 0.889. The second-order valence-electron chi connectivity index (χ2n) is 5.14. The summed E-state index contributed by atoms with van der Waals surface area (Å²) in [5, 5.41) is 12.4. The Hall–Kier alpha value is -1.89. The molecule has 0 aromatic carbocycles. The lowest BCUT2D eigenvalue weighted by Crippen LogP contribution is -2.40. The second kappa shape index (κ2) is 6.51. The van der Waals surface area contributed by atoms with E-state index >= 15 is 0 Å². The van der Waals surface area contributed by atoms with Crippen molar-refractivity contribution >= 4 is 5.91 Å². The minimum atomic E-state index is -0.930. The number of rotatable bonds is 6. The molecule has 20 heavy (non-hydrogen) atoms. The summed E-state index contributed by atoms with van der Waals surface area (Å²) >= 11 is 0. The fourth-order valence-corrected chi connectivity index (χ4v) is 1.67. The normalized spacial score (nSPS) is 13.8. The van der Waals surface area contributed by atoms with Gasteiger partial charge in [-0.1, -0.05) is 6.92 Å². The molecule has 0 spiro atoms. The zero-order valence-electron chi connectivity index (χ0n) is 12.0. The van der Waals surface area contributed by atoms with E-state index in [1.165, 1.54) is 0 Å². The first-order chi connectivity index (χ1) is 9.25. The minimum absolute atomic E-state index is 0.121. The standard InChI is InChI=1S/C13H21N3O4/c1-4-13(3,20)7-14-10(17)6-5-9-8(2)15-12(19)16-11(9)18/h20H,4-7H2,1-3H3,(H,14,17)(H2,15,16,18,19). The van der Waals surface area contributed by atoms with Gasteiger partial charge in [0.05, 0.1) is 5.60 Å². The molecule has 1 atom stereocenters. The van der Waals surface area contributed by atoms with Crippen LogP contribution >= 0.6 is 0 Å². The zero-order valence-corrected chi connectivity index (χ0v) is 12.0. The first-order valence-corrected chi connectivity index (χ1v) is 6.56. The summed E-state index contributed by atoms with van der Waals surface area (Å²) in [5.74, 6) is -0.247. The highest BCUT2D eigenvalue weighted by Gasteiger charge is 2.18. The molecule has 4 N–H and O–H groups in total. The number of aromatic nitrogens is 2. The number of nitrogens with one attached hydrogen (secondary N) is 3. The van der Waals surface area contributed by atoms with E-state index in [4.69, 9.17) is 0 Å². The third kappa shape index (κ3) is 4.65. The predicted molar refractivity (Wildman–Crippen MR) is 74.7 cm³/mol. The van der Waals surface area contributed by atoms with Gasteiger partial charge in [-0.2, -0.15) is 0 Å². The van der Waals surface area contributed by atoms with Crippen LogP contribution in [0.2, 0.25) is 0 Å². The third-order valence-electron chi connectivity index (χ3n) is 3.28. The monoisotopic (exact) mass is 283 g/mol. The van der Waals surface area contributed by atoms with Crippen LogP contribution in [-0.4, -0.2) is 33.1 Å². The predicted octanol–water partition coefficient (Wildman–Crippen LogP) is -0.419. The van der Waals surface area contributed by atoms with E-state index in [1.807, 2.05) is 6.92 Å². The summed E-state index contributed by atoms with van der Waals surface area (Å²) in [6.45, 7) is 5.26. The van der Waals surface area contributed by atoms with Gasteiger partial charge in [0.2, 0.25) is 5.91 Å². The van der Waals surface area contributed by atoms with E-state index in [1.54, 1.807) is 13.8 Å². The molecule has 0 aliphatic carbocycles. The Morgan fingerprint density at radius 1 is 1.35 bits per heavy atom. The second-order valence-corrected chi connectivity index (χ2v) is 5.14. The third-order valence-corrected chi connectivity index (χ3v) is 3.28.